The molecule has 1 heteroatoms. The van der Waals surface area contributed by atoms with Crippen molar-refractivity contribution in [3.05, 3.63) is 70.8 Å². The lowest BCUT2D eigenvalue weighted by molar-refractivity contribution is -0.110. The normalized spacial score (nSPS) is 22.0. The maximum Gasteiger partial charge on any atom is 0.149 e. The number of carbonyl (C=O) groups excluding carboxylic acids is 1. The average Bonchev–Trinajstić information content (AvgIpc) is 3.03. The largest absolute Gasteiger partial charge is 0.298 e. The van der Waals surface area contributed by atoms with Crippen molar-refractivity contribution >= 4 is 5.78 Å². The molecule has 1 aliphatic rings. The van der Waals surface area contributed by atoms with Gasteiger partial charge in [0.25, 0.3) is 0 Å². The van der Waals surface area contributed by atoms with Gasteiger partial charge in [0.1, 0.15) is 5.78 Å². The molecule has 0 aromatic heterocycles. The van der Waals surface area contributed by atoms with Crippen LogP contribution >= 0.6 is 0 Å². The van der Waals surface area contributed by atoms with Gasteiger partial charge >= 0.3 is 0 Å². The maximum absolute atomic E-state index is 12.0. The Bertz CT molecular complexity index is 525. The minimum absolute atomic E-state index is 0.0771. The van der Waals surface area contributed by atoms with Crippen LogP contribution in [0.4, 0.5) is 0 Å². The van der Waals surface area contributed by atoms with Crippen LogP contribution < -0.4 is 0 Å². The third-order valence-electron chi connectivity index (χ3n) is 3.71. The van der Waals surface area contributed by atoms with Gasteiger partial charge in [-0.15, -0.1) is 0 Å². The number of ketones is 1. The lowest BCUT2D eigenvalue weighted by atomic mass is 10.0. The highest BCUT2D eigenvalue weighted by Crippen LogP contribution is 2.50. The van der Waals surface area contributed by atoms with Crippen LogP contribution in [0.3, 0.4) is 0 Å². The summed E-state index contributed by atoms with van der Waals surface area (Å²) in [6, 6.07) is 16.6. The van der Waals surface area contributed by atoms with Crippen molar-refractivity contribution in [2.24, 2.45) is 0 Å². The molecule has 0 aliphatic heterocycles. The molecular formula is C17H16O. The summed E-state index contributed by atoms with van der Waals surface area (Å²) in [6.07, 6.45) is 0. The minimum Gasteiger partial charge on any atom is -0.298 e. The van der Waals surface area contributed by atoms with E-state index in [0.717, 1.165) is 11.1 Å². The van der Waals surface area contributed by atoms with Gasteiger partial charge in [0.15, 0.2) is 0 Å². The van der Waals surface area contributed by atoms with Crippen molar-refractivity contribution in [3.8, 4) is 0 Å². The summed E-state index contributed by atoms with van der Waals surface area (Å²) in [7, 11) is 0. The third kappa shape index (κ3) is 1.86. The second-order valence-electron chi connectivity index (χ2n) is 5.18. The van der Waals surface area contributed by atoms with E-state index in [1.807, 2.05) is 0 Å². The lowest BCUT2D eigenvalue weighted by Crippen LogP contribution is -1.85. The average molecular weight is 236 g/mol. The molecule has 0 heterocycles. The number of hydrogen-bond donors (Lipinski definition) is 0. The molecule has 18 heavy (non-hydrogen) atoms. The van der Waals surface area contributed by atoms with E-state index >= 15 is 0 Å². The number of carbonyl (C=O) groups is 1. The Morgan fingerprint density at radius 2 is 1.00 bits per heavy atom. The first-order chi connectivity index (χ1) is 8.66. The van der Waals surface area contributed by atoms with Gasteiger partial charge in [0.05, 0.1) is 11.8 Å². The monoisotopic (exact) mass is 236 g/mol. The highest BCUT2D eigenvalue weighted by Gasteiger charge is 2.50. The van der Waals surface area contributed by atoms with Gasteiger partial charge in [-0.2, -0.15) is 0 Å². The van der Waals surface area contributed by atoms with E-state index in [0.29, 0.717) is 5.78 Å². The SMILES string of the molecule is Cc1ccc(C2C(=O)C2c2ccc(C)cc2)cc1. The van der Waals surface area contributed by atoms with Crippen molar-refractivity contribution in [1.82, 2.24) is 0 Å². The summed E-state index contributed by atoms with van der Waals surface area (Å²) in [4.78, 5) is 12.0. The summed E-state index contributed by atoms with van der Waals surface area (Å²) in [5.74, 6) is 0.504. The number of rotatable bonds is 2. The molecule has 2 aromatic carbocycles. The zero-order valence-electron chi connectivity index (χ0n) is 10.7. The van der Waals surface area contributed by atoms with E-state index in [4.69, 9.17) is 0 Å². The minimum atomic E-state index is 0.0771. The number of Topliss-reactive ketones (excluding diaryl/α,β-unsaturated/α-hetero) is 1. The van der Waals surface area contributed by atoms with Crippen LogP contribution in [-0.4, -0.2) is 5.78 Å². The zero-order chi connectivity index (χ0) is 12.7. The Labute approximate surface area is 107 Å². The molecule has 2 unspecified atom stereocenters. The summed E-state index contributed by atoms with van der Waals surface area (Å²) in [5.41, 5.74) is 4.77. The van der Waals surface area contributed by atoms with Gasteiger partial charge in [-0.1, -0.05) is 59.7 Å². The van der Waals surface area contributed by atoms with Crippen LogP contribution in [-0.2, 0) is 4.79 Å². The maximum atomic E-state index is 12.0. The van der Waals surface area contributed by atoms with Gasteiger partial charge in [-0.05, 0) is 25.0 Å². The van der Waals surface area contributed by atoms with Crippen LogP contribution in [0.1, 0.15) is 34.1 Å². The number of aryl methyl sites for hydroxylation is 2. The van der Waals surface area contributed by atoms with Gasteiger partial charge in [0, 0.05) is 0 Å². The Hall–Kier alpha value is -1.89. The summed E-state index contributed by atoms with van der Waals surface area (Å²) >= 11 is 0. The van der Waals surface area contributed by atoms with E-state index in [1.165, 1.54) is 11.1 Å². The molecule has 0 radical (unpaired) electrons. The molecule has 3 rings (SSSR count). The Morgan fingerprint density at radius 1 is 0.667 bits per heavy atom. The van der Waals surface area contributed by atoms with Crippen molar-refractivity contribution < 1.29 is 4.79 Å². The summed E-state index contributed by atoms with van der Waals surface area (Å²) in [5, 5.41) is 0. The van der Waals surface area contributed by atoms with Crippen molar-refractivity contribution in [1.29, 1.82) is 0 Å². The number of hydrogen-bond acceptors (Lipinski definition) is 1. The molecule has 1 aliphatic carbocycles. The standard InChI is InChI=1S/C17H16O/c1-11-3-7-13(8-4-11)15-16(17(15)18)14-9-5-12(2)6-10-14/h3-10,15-16H,1-2H3. The van der Waals surface area contributed by atoms with E-state index in [2.05, 4.69) is 62.4 Å². The fraction of sp³-hybridized carbons (Fsp3) is 0.235. The smallest absolute Gasteiger partial charge is 0.149 e. The van der Waals surface area contributed by atoms with Crippen LogP contribution in [0, 0.1) is 13.8 Å². The molecule has 90 valence electrons. The Balaban J connectivity index is 1.87. The molecule has 2 aromatic rings. The molecule has 0 amide bonds. The molecule has 0 bridgehead atoms. The lowest BCUT2D eigenvalue weighted by Gasteiger charge is -2.00. The van der Waals surface area contributed by atoms with Crippen molar-refractivity contribution in [2.75, 3.05) is 0 Å². The van der Waals surface area contributed by atoms with Crippen LogP contribution in [0.5, 0.6) is 0 Å². The highest BCUT2D eigenvalue weighted by atomic mass is 16.1. The van der Waals surface area contributed by atoms with E-state index in [9.17, 15) is 4.79 Å². The Morgan fingerprint density at radius 3 is 1.33 bits per heavy atom. The van der Waals surface area contributed by atoms with Crippen LogP contribution in [0.15, 0.2) is 48.5 Å². The van der Waals surface area contributed by atoms with E-state index < -0.39 is 0 Å². The number of benzene rings is 2. The second kappa shape index (κ2) is 4.09. The molecular weight excluding hydrogens is 220 g/mol. The summed E-state index contributed by atoms with van der Waals surface area (Å²) < 4.78 is 0. The zero-order valence-corrected chi connectivity index (χ0v) is 10.7. The highest BCUT2D eigenvalue weighted by molar-refractivity contribution is 6.09. The topological polar surface area (TPSA) is 17.1 Å². The third-order valence-corrected chi connectivity index (χ3v) is 3.71. The fourth-order valence-corrected chi connectivity index (χ4v) is 2.50. The molecule has 1 saturated carbocycles. The predicted molar refractivity (Wildman–Crippen MR) is 72.8 cm³/mol. The van der Waals surface area contributed by atoms with Crippen LogP contribution in [0.25, 0.3) is 0 Å². The summed E-state index contributed by atoms with van der Waals surface area (Å²) in [6.45, 7) is 4.13. The van der Waals surface area contributed by atoms with Crippen LogP contribution in [0.2, 0.25) is 0 Å². The molecule has 0 spiro atoms. The molecule has 2 atom stereocenters. The first-order valence-corrected chi connectivity index (χ1v) is 6.33. The first-order valence-electron chi connectivity index (χ1n) is 6.33. The molecule has 1 nitrogen and oxygen atoms in total. The Kier molecular flexibility index (Phi) is 2.55. The van der Waals surface area contributed by atoms with Crippen molar-refractivity contribution in [3.63, 3.8) is 0 Å². The second-order valence-corrected chi connectivity index (χ2v) is 5.18. The van der Waals surface area contributed by atoms with E-state index in [1.54, 1.807) is 0 Å². The quantitative estimate of drug-likeness (QED) is 0.776. The van der Waals surface area contributed by atoms with Gasteiger partial charge in [-0.25, -0.2) is 0 Å². The van der Waals surface area contributed by atoms with E-state index in [-0.39, 0.29) is 11.8 Å². The van der Waals surface area contributed by atoms with Gasteiger partial charge in [0.2, 0.25) is 0 Å². The van der Waals surface area contributed by atoms with Crippen molar-refractivity contribution in [2.45, 2.75) is 25.7 Å². The molecule has 0 saturated heterocycles. The van der Waals surface area contributed by atoms with Gasteiger partial charge < -0.3 is 0 Å². The van der Waals surface area contributed by atoms with Gasteiger partial charge in [-0.3, -0.25) is 4.79 Å². The first kappa shape index (κ1) is 11.2. The fourth-order valence-electron chi connectivity index (χ4n) is 2.50. The predicted octanol–water partition coefficient (Wildman–Crippen LogP) is 3.75. The molecule has 0 N–H and O–H groups in total. The molecule has 1 fully saturated rings.